The molecule has 9 heteroatoms. The summed E-state index contributed by atoms with van der Waals surface area (Å²) in [6.07, 6.45) is 3.53. The van der Waals surface area contributed by atoms with Crippen LogP contribution in [0.5, 0.6) is 5.75 Å². The first kappa shape index (κ1) is 22.2. The number of allylic oxidation sites excluding steroid dienone is 1. The van der Waals surface area contributed by atoms with Crippen molar-refractivity contribution in [2.24, 2.45) is 10.2 Å². The fourth-order valence-corrected chi connectivity index (χ4v) is 3.89. The second-order valence-corrected chi connectivity index (χ2v) is 7.90. The van der Waals surface area contributed by atoms with Crippen molar-refractivity contribution in [3.05, 3.63) is 58.9 Å². The number of phenols is 1. The molecule has 2 aromatic carbocycles. The Hall–Kier alpha value is -4.01. The molecular weight excluding hydrogens is 427 g/mol. The van der Waals surface area contributed by atoms with Crippen molar-refractivity contribution in [2.75, 3.05) is 12.0 Å². The zero-order valence-electron chi connectivity index (χ0n) is 18.0. The number of phenolic OH excluding ortho intramolecular Hbond substituents is 1. The van der Waals surface area contributed by atoms with Crippen LogP contribution < -0.4 is 5.43 Å². The number of nitrogens with one attached hydrogen (secondary N) is 1. The average Bonchev–Trinajstić information content (AvgIpc) is 3.05. The third-order valence-electron chi connectivity index (χ3n) is 5.58. The summed E-state index contributed by atoms with van der Waals surface area (Å²) in [5, 5.41) is 29.1. The van der Waals surface area contributed by atoms with E-state index in [1.54, 1.807) is 31.2 Å². The summed E-state index contributed by atoms with van der Waals surface area (Å²) in [6.45, 7) is 1.81. The van der Waals surface area contributed by atoms with Crippen LogP contribution in [0.4, 0.5) is 10.1 Å². The second-order valence-electron chi connectivity index (χ2n) is 7.90. The Morgan fingerprint density at radius 3 is 2.88 bits per heavy atom. The number of halogens is 1. The minimum atomic E-state index is -0.935. The van der Waals surface area contributed by atoms with Crippen LogP contribution in [0.1, 0.15) is 42.9 Å². The molecule has 8 nitrogen and oxygen atoms in total. The maximum absolute atomic E-state index is 13.6. The van der Waals surface area contributed by atoms with Gasteiger partial charge in [0.1, 0.15) is 11.6 Å². The van der Waals surface area contributed by atoms with E-state index in [0.717, 1.165) is 23.1 Å². The maximum Gasteiger partial charge on any atom is 0.303 e. The lowest BCUT2D eigenvalue weighted by molar-refractivity contribution is -0.137. The van der Waals surface area contributed by atoms with Gasteiger partial charge in [0.05, 0.1) is 11.4 Å². The number of aryl methyl sites for hydroxylation is 1. The largest absolute Gasteiger partial charge is 0.505 e. The van der Waals surface area contributed by atoms with Gasteiger partial charge in [0, 0.05) is 18.5 Å². The molecule has 0 fully saturated rings. The number of amides is 1. The molecule has 0 radical (unpaired) electrons. The van der Waals surface area contributed by atoms with E-state index < -0.39 is 11.9 Å². The summed E-state index contributed by atoms with van der Waals surface area (Å²) in [4.78, 5) is 23.2. The highest BCUT2D eigenvalue weighted by Gasteiger charge is 2.29. The second kappa shape index (κ2) is 9.23. The fraction of sp³-hybridized carbons (Fsp3) is 0.250. The first-order valence-electron chi connectivity index (χ1n) is 10.6. The lowest BCUT2D eigenvalue weighted by atomic mass is 9.88. The minimum Gasteiger partial charge on any atom is -0.505 e. The quantitative estimate of drug-likeness (QED) is 0.438. The minimum absolute atomic E-state index is 0.0219. The van der Waals surface area contributed by atoms with Crippen LogP contribution in [0.15, 0.2) is 46.6 Å². The van der Waals surface area contributed by atoms with Gasteiger partial charge in [-0.25, -0.2) is 9.40 Å². The van der Waals surface area contributed by atoms with Crippen molar-refractivity contribution in [1.29, 1.82) is 0 Å². The molecule has 0 unspecified atom stereocenters. The molecule has 0 spiro atoms. The Labute approximate surface area is 189 Å². The number of carboxylic acid groups (broad SMARTS) is 1. The van der Waals surface area contributed by atoms with Crippen LogP contribution >= 0.6 is 0 Å². The number of carboxylic acids is 1. The number of hydrogen-bond donors (Lipinski definition) is 3. The molecule has 0 saturated carbocycles. The number of carbonyl (C=O) groups is 2. The number of carbonyl (C=O) groups excluding carboxylic acids is 1. The SMILES string of the molecule is CC1=NN(CCCC(=O)O)C(=O)/C1=N\Nc1cccc(C2=Cc3cc(F)ccc3CC2)c1O. The Morgan fingerprint density at radius 2 is 2.09 bits per heavy atom. The highest BCUT2D eigenvalue weighted by molar-refractivity contribution is 6.68. The Morgan fingerprint density at radius 1 is 1.27 bits per heavy atom. The summed E-state index contributed by atoms with van der Waals surface area (Å²) in [5.74, 6) is -1.70. The monoisotopic (exact) mass is 450 g/mol. The maximum atomic E-state index is 13.6. The highest BCUT2D eigenvalue weighted by Crippen LogP contribution is 2.38. The van der Waals surface area contributed by atoms with Gasteiger partial charge in [-0.15, -0.1) is 0 Å². The standard InChI is InChI=1S/C24H23FN4O4/c1-14-22(24(33)29(28-14)11-3-6-21(30)31)27-26-20-5-2-4-19(23(20)32)16-8-7-15-9-10-18(25)13-17(15)12-16/h2,4-5,9-10,12-13,26,32H,3,6-8,11H2,1H3,(H,30,31)/b27-22-. The van der Waals surface area contributed by atoms with E-state index in [1.807, 2.05) is 6.08 Å². The van der Waals surface area contributed by atoms with E-state index in [4.69, 9.17) is 5.11 Å². The molecule has 2 aromatic rings. The summed E-state index contributed by atoms with van der Waals surface area (Å²) in [6, 6.07) is 9.88. The predicted octanol–water partition coefficient (Wildman–Crippen LogP) is 3.87. The first-order valence-corrected chi connectivity index (χ1v) is 10.6. The molecule has 2 aliphatic rings. The Bertz CT molecular complexity index is 1220. The number of benzene rings is 2. The van der Waals surface area contributed by atoms with Crippen molar-refractivity contribution >= 4 is 40.6 Å². The van der Waals surface area contributed by atoms with Crippen LogP contribution in [-0.4, -0.2) is 45.1 Å². The van der Waals surface area contributed by atoms with Gasteiger partial charge in [-0.1, -0.05) is 24.3 Å². The van der Waals surface area contributed by atoms with E-state index in [1.165, 1.54) is 17.1 Å². The molecule has 1 aliphatic heterocycles. The van der Waals surface area contributed by atoms with Gasteiger partial charge in [0.15, 0.2) is 5.71 Å². The molecule has 4 rings (SSSR count). The van der Waals surface area contributed by atoms with Crippen LogP contribution in [0.25, 0.3) is 11.6 Å². The van der Waals surface area contributed by atoms with Crippen molar-refractivity contribution in [1.82, 2.24) is 5.01 Å². The van der Waals surface area contributed by atoms with Crippen molar-refractivity contribution < 1.29 is 24.2 Å². The zero-order valence-corrected chi connectivity index (χ0v) is 18.0. The highest BCUT2D eigenvalue weighted by atomic mass is 19.1. The van der Waals surface area contributed by atoms with E-state index in [-0.39, 0.29) is 36.7 Å². The fourth-order valence-electron chi connectivity index (χ4n) is 3.89. The smallest absolute Gasteiger partial charge is 0.303 e. The predicted molar refractivity (Wildman–Crippen MR) is 123 cm³/mol. The number of aliphatic carboxylic acids is 1. The number of para-hydroxylation sites is 1. The van der Waals surface area contributed by atoms with E-state index in [2.05, 4.69) is 15.6 Å². The third kappa shape index (κ3) is 4.77. The molecule has 0 saturated heterocycles. The van der Waals surface area contributed by atoms with Crippen LogP contribution in [0, 0.1) is 5.82 Å². The van der Waals surface area contributed by atoms with Crippen LogP contribution in [0.3, 0.4) is 0 Å². The lowest BCUT2D eigenvalue weighted by Gasteiger charge is -2.18. The summed E-state index contributed by atoms with van der Waals surface area (Å²) < 4.78 is 13.6. The van der Waals surface area contributed by atoms with Crippen LogP contribution in [0.2, 0.25) is 0 Å². The van der Waals surface area contributed by atoms with E-state index in [9.17, 15) is 19.1 Å². The number of nitrogens with zero attached hydrogens (tertiary/aromatic N) is 3. The van der Waals surface area contributed by atoms with Gasteiger partial charge in [0.2, 0.25) is 0 Å². The summed E-state index contributed by atoms with van der Waals surface area (Å²) >= 11 is 0. The Kier molecular flexibility index (Phi) is 6.21. The molecule has 1 aliphatic carbocycles. The average molecular weight is 450 g/mol. The van der Waals surface area contributed by atoms with Crippen molar-refractivity contribution in [3.63, 3.8) is 0 Å². The Balaban J connectivity index is 1.52. The number of rotatable bonds is 7. The zero-order chi connectivity index (χ0) is 23.5. The van der Waals surface area contributed by atoms with Gasteiger partial charge >= 0.3 is 5.97 Å². The molecular formula is C24H23FN4O4. The van der Waals surface area contributed by atoms with Crippen LogP contribution in [-0.2, 0) is 16.0 Å². The molecule has 0 atom stereocenters. The number of aromatic hydroxyl groups is 1. The number of anilines is 1. The molecule has 1 amide bonds. The lowest BCUT2D eigenvalue weighted by Crippen LogP contribution is -2.29. The molecule has 0 aromatic heterocycles. The summed E-state index contributed by atoms with van der Waals surface area (Å²) in [5.41, 5.74) is 6.88. The van der Waals surface area contributed by atoms with E-state index in [0.29, 0.717) is 23.4 Å². The molecule has 3 N–H and O–H groups in total. The van der Waals surface area contributed by atoms with E-state index >= 15 is 0 Å². The molecule has 33 heavy (non-hydrogen) atoms. The van der Waals surface area contributed by atoms with Gasteiger partial charge in [-0.05, 0) is 61.1 Å². The van der Waals surface area contributed by atoms with Gasteiger partial charge < -0.3 is 10.2 Å². The molecule has 170 valence electrons. The van der Waals surface area contributed by atoms with Crippen molar-refractivity contribution in [2.45, 2.75) is 32.6 Å². The number of hydrogen-bond acceptors (Lipinski definition) is 6. The van der Waals surface area contributed by atoms with Gasteiger partial charge in [-0.3, -0.25) is 15.0 Å². The third-order valence-corrected chi connectivity index (χ3v) is 5.58. The number of hydrazone groups is 2. The molecule has 1 heterocycles. The van der Waals surface area contributed by atoms with Gasteiger partial charge in [0.25, 0.3) is 5.91 Å². The van der Waals surface area contributed by atoms with Crippen molar-refractivity contribution in [3.8, 4) is 5.75 Å². The first-order chi connectivity index (χ1) is 15.8. The molecule has 0 bridgehead atoms. The van der Waals surface area contributed by atoms with Gasteiger partial charge in [-0.2, -0.15) is 10.2 Å². The topological polar surface area (TPSA) is 115 Å². The summed E-state index contributed by atoms with van der Waals surface area (Å²) in [7, 11) is 0. The number of fused-ring (bicyclic) bond motifs is 1. The normalized spacial score (nSPS) is 16.5.